The summed E-state index contributed by atoms with van der Waals surface area (Å²) in [4.78, 5) is 4.94. The Kier molecular flexibility index (Phi) is 8.33. The fourth-order valence-corrected chi connectivity index (χ4v) is 9.11. The molecule has 0 aromatic heterocycles. The average molecular weight is 741 g/mol. The van der Waals surface area contributed by atoms with Crippen LogP contribution in [0.5, 0.6) is 0 Å². The van der Waals surface area contributed by atoms with E-state index in [4.69, 9.17) is 0 Å². The summed E-state index contributed by atoms with van der Waals surface area (Å²) in [6.07, 6.45) is 7.82. The Morgan fingerprint density at radius 3 is 1.97 bits per heavy atom. The zero-order valence-corrected chi connectivity index (χ0v) is 32.0. The van der Waals surface area contributed by atoms with Crippen LogP contribution in [-0.2, 0) is 0 Å². The van der Waals surface area contributed by atoms with Gasteiger partial charge in [-0.1, -0.05) is 170 Å². The summed E-state index contributed by atoms with van der Waals surface area (Å²) in [7, 11) is 0. The molecule has 9 aromatic carbocycles. The van der Waals surface area contributed by atoms with E-state index in [1.54, 1.807) is 0 Å². The molecule has 0 amide bonds. The number of hydrogen-bond acceptors (Lipinski definition) is 2. The van der Waals surface area contributed by atoms with E-state index in [1.807, 2.05) is 0 Å². The second-order valence-corrected chi connectivity index (χ2v) is 15.3. The lowest BCUT2D eigenvalue weighted by Crippen LogP contribution is -2.14. The highest BCUT2D eigenvalue weighted by Gasteiger charge is 2.35. The third-order valence-corrected chi connectivity index (χ3v) is 11.9. The van der Waals surface area contributed by atoms with Crippen LogP contribution in [0.3, 0.4) is 0 Å². The molecule has 1 atom stereocenters. The molecule has 0 fully saturated rings. The van der Waals surface area contributed by atoms with Gasteiger partial charge in [-0.3, -0.25) is 0 Å². The van der Waals surface area contributed by atoms with E-state index in [1.165, 1.54) is 77.6 Å². The second-order valence-electron chi connectivity index (χ2n) is 15.3. The van der Waals surface area contributed by atoms with Gasteiger partial charge < -0.3 is 9.80 Å². The first-order valence-electron chi connectivity index (χ1n) is 20.2. The second kappa shape index (κ2) is 14.3. The van der Waals surface area contributed by atoms with Gasteiger partial charge in [0.05, 0.1) is 17.1 Å². The highest BCUT2D eigenvalue weighted by molar-refractivity contribution is 6.02. The molecule has 9 aromatic rings. The van der Waals surface area contributed by atoms with Crippen LogP contribution in [0.15, 0.2) is 230 Å². The fraction of sp³-hybridized carbons (Fsp3) is 0.0357. The number of allylic oxidation sites excluding steroid dienone is 4. The van der Waals surface area contributed by atoms with Gasteiger partial charge in [0.25, 0.3) is 0 Å². The average Bonchev–Trinajstić information content (AvgIpc) is 3.63. The topological polar surface area (TPSA) is 6.48 Å². The fourth-order valence-electron chi connectivity index (χ4n) is 9.11. The predicted molar refractivity (Wildman–Crippen MR) is 246 cm³/mol. The smallest absolute Gasteiger partial charge is 0.0540 e. The Labute approximate surface area is 339 Å². The Balaban J connectivity index is 1.03. The van der Waals surface area contributed by atoms with E-state index in [2.05, 4.69) is 234 Å². The Bertz CT molecular complexity index is 3040. The Hall–Kier alpha value is -7.42. The van der Waals surface area contributed by atoms with Crippen LogP contribution < -0.4 is 9.80 Å². The summed E-state index contributed by atoms with van der Waals surface area (Å²) >= 11 is 0. The van der Waals surface area contributed by atoms with E-state index < -0.39 is 0 Å². The lowest BCUT2D eigenvalue weighted by Gasteiger charge is -2.29. The van der Waals surface area contributed by atoms with E-state index in [0.29, 0.717) is 5.92 Å². The van der Waals surface area contributed by atoms with Crippen molar-refractivity contribution in [3.05, 3.63) is 236 Å². The highest BCUT2D eigenvalue weighted by atomic mass is 15.2. The number of hydrogen-bond donors (Lipinski definition) is 0. The number of benzene rings is 9. The maximum absolute atomic E-state index is 2.49. The lowest BCUT2D eigenvalue weighted by molar-refractivity contribution is 0.819. The van der Waals surface area contributed by atoms with Gasteiger partial charge in [-0.2, -0.15) is 0 Å². The first-order chi connectivity index (χ1) is 28.8. The van der Waals surface area contributed by atoms with Gasteiger partial charge in [0.1, 0.15) is 0 Å². The van der Waals surface area contributed by atoms with Crippen LogP contribution in [-0.4, -0.2) is 0 Å². The maximum atomic E-state index is 2.49. The van der Waals surface area contributed by atoms with E-state index >= 15 is 0 Å². The van der Waals surface area contributed by atoms with Crippen LogP contribution in [0.25, 0.3) is 54.9 Å². The molecule has 274 valence electrons. The third-order valence-electron chi connectivity index (χ3n) is 11.9. The van der Waals surface area contributed by atoms with Crippen LogP contribution in [0.4, 0.5) is 28.4 Å². The number of fused-ring (bicyclic) bond motifs is 5. The standard InChI is InChI=1S/C56H40N2/c1-2-14-39(15-3-1)43-20-12-21-44(36-43)41-28-32-47(33-29-41)57-55-26-11-9-24-51(55)52-35-31-46(38-56(52)57)50-23-8-10-25-53(50)58(48-34-30-40-16-4-5-18-45(40)37-48)54-27-13-19-42-17-6-7-22-49(42)54/h1-23,25-38,51H,24H2. The van der Waals surface area contributed by atoms with Crippen LogP contribution >= 0.6 is 0 Å². The third kappa shape index (κ3) is 5.90. The first-order valence-corrected chi connectivity index (χ1v) is 20.2. The van der Waals surface area contributed by atoms with Crippen molar-refractivity contribution in [2.24, 2.45) is 0 Å². The minimum atomic E-state index is 0.316. The van der Waals surface area contributed by atoms with Gasteiger partial charge in [-0.15, -0.1) is 0 Å². The van der Waals surface area contributed by atoms with Crippen molar-refractivity contribution >= 4 is 50.0 Å². The zero-order valence-electron chi connectivity index (χ0n) is 32.0. The Morgan fingerprint density at radius 1 is 0.448 bits per heavy atom. The molecule has 1 heterocycles. The summed E-state index contributed by atoms with van der Waals surface area (Å²) in [5.41, 5.74) is 15.8. The molecule has 0 saturated carbocycles. The van der Waals surface area contributed by atoms with E-state index in [0.717, 1.165) is 23.5 Å². The number of para-hydroxylation sites is 1. The monoisotopic (exact) mass is 740 g/mol. The van der Waals surface area contributed by atoms with Gasteiger partial charge in [-0.05, 0) is 111 Å². The molecule has 1 aliphatic heterocycles. The molecule has 2 heteroatoms. The molecule has 2 aliphatic rings. The largest absolute Gasteiger partial charge is 0.313 e. The Morgan fingerprint density at radius 2 is 1.10 bits per heavy atom. The van der Waals surface area contributed by atoms with Gasteiger partial charge in [0.15, 0.2) is 0 Å². The molecule has 0 N–H and O–H groups in total. The molecule has 2 nitrogen and oxygen atoms in total. The minimum Gasteiger partial charge on any atom is -0.313 e. The molecular weight excluding hydrogens is 701 g/mol. The van der Waals surface area contributed by atoms with Gasteiger partial charge in [-0.25, -0.2) is 0 Å². The van der Waals surface area contributed by atoms with Crippen molar-refractivity contribution in [1.82, 2.24) is 0 Å². The SMILES string of the molecule is C1=CCC2C(=C1)N(c1ccc(-c3cccc(-c4ccccc4)c3)cc1)c1cc(-c3ccccc3N(c3ccc4ccccc4c3)c3cccc4ccccc34)ccc12. The molecular formula is C56H40N2. The molecule has 0 bridgehead atoms. The summed E-state index contributed by atoms with van der Waals surface area (Å²) in [5, 5.41) is 4.88. The number of nitrogens with zero attached hydrogens (tertiary/aromatic N) is 2. The summed E-state index contributed by atoms with van der Waals surface area (Å²) in [5.74, 6) is 0.316. The number of anilines is 5. The molecule has 0 radical (unpaired) electrons. The van der Waals surface area contributed by atoms with Crippen LogP contribution in [0.1, 0.15) is 17.9 Å². The molecule has 1 unspecified atom stereocenters. The van der Waals surface area contributed by atoms with Crippen LogP contribution in [0, 0.1) is 0 Å². The number of rotatable bonds is 7. The molecule has 0 spiro atoms. The molecule has 1 aliphatic carbocycles. The highest BCUT2D eigenvalue weighted by Crippen LogP contribution is 2.53. The van der Waals surface area contributed by atoms with E-state index in [9.17, 15) is 0 Å². The quantitative estimate of drug-likeness (QED) is 0.161. The zero-order chi connectivity index (χ0) is 38.4. The minimum absolute atomic E-state index is 0.316. The molecule has 11 rings (SSSR count). The predicted octanol–water partition coefficient (Wildman–Crippen LogP) is 15.5. The van der Waals surface area contributed by atoms with Crippen LogP contribution in [0.2, 0.25) is 0 Å². The van der Waals surface area contributed by atoms with Crippen molar-refractivity contribution < 1.29 is 0 Å². The van der Waals surface area contributed by atoms with Gasteiger partial charge in [0.2, 0.25) is 0 Å². The van der Waals surface area contributed by atoms with Crippen molar-refractivity contribution in [2.75, 3.05) is 9.80 Å². The molecule has 58 heavy (non-hydrogen) atoms. The van der Waals surface area contributed by atoms with Crippen molar-refractivity contribution in [2.45, 2.75) is 12.3 Å². The first kappa shape index (κ1) is 33.9. The lowest BCUT2D eigenvalue weighted by atomic mass is 9.90. The van der Waals surface area contributed by atoms with Crippen molar-refractivity contribution in [3.63, 3.8) is 0 Å². The van der Waals surface area contributed by atoms with Gasteiger partial charge >= 0.3 is 0 Å². The van der Waals surface area contributed by atoms with E-state index in [-0.39, 0.29) is 0 Å². The summed E-state index contributed by atoms with van der Waals surface area (Å²) in [6, 6.07) is 75.4. The summed E-state index contributed by atoms with van der Waals surface area (Å²) in [6.45, 7) is 0. The van der Waals surface area contributed by atoms with Crippen molar-refractivity contribution in [1.29, 1.82) is 0 Å². The maximum Gasteiger partial charge on any atom is 0.0540 e. The normalized spacial score (nSPS) is 14.3. The van der Waals surface area contributed by atoms with Crippen molar-refractivity contribution in [3.8, 4) is 33.4 Å². The molecule has 0 saturated heterocycles. The summed E-state index contributed by atoms with van der Waals surface area (Å²) < 4.78 is 0. The van der Waals surface area contributed by atoms with Gasteiger partial charge in [0, 0.05) is 33.9 Å².